The van der Waals surface area contributed by atoms with Crippen molar-refractivity contribution in [1.82, 2.24) is 5.32 Å². The van der Waals surface area contributed by atoms with Crippen LogP contribution >= 0.6 is 11.8 Å². The molecule has 0 aliphatic heterocycles. The lowest BCUT2D eigenvalue weighted by Gasteiger charge is -2.18. The zero-order valence-corrected chi connectivity index (χ0v) is 25.1. The van der Waals surface area contributed by atoms with Gasteiger partial charge in [-0.2, -0.15) is 0 Å². The Bertz CT molecular complexity index is 1770. The molecule has 0 bridgehead atoms. The first-order valence-corrected chi connectivity index (χ1v) is 14.9. The van der Waals surface area contributed by atoms with Gasteiger partial charge >= 0.3 is 0 Å². The molecule has 0 aliphatic carbocycles. The number of benzene rings is 4. The van der Waals surface area contributed by atoms with Crippen molar-refractivity contribution >= 4 is 46.9 Å². The topological polar surface area (TPSA) is 100 Å². The van der Waals surface area contributed by atoms with Gasteiger partial charge in [0.15, 0.2) is 0 Å². The average Bonchev–Trinajstić information content (AvgIpc) is 3.56. The van der Waals surface area contributed by atoms with Crippen LogP contribution in [0.15, 0.2) is 137 Å². The lowest BCUT2D eigenvalue weighted by atomic mass is 10.1. The predicted octanol–water partition coefficient (Wildman–Crippen LogP) is 7.78. The van der Waals surface area contributed by atoms with E-state index in [2.05, 4.69) is 16.0 Å². The summed E-state index contributed by atoms with van der Waals surface area (Å²) >= 11 is 1.42. The van der Waals surface area contributed by atoms with Crippen molar-refractivity contribution in [3.8, 4) is 0 Å². The number of furan rings is 1. The van der Waals surface area contributed by atoms with Gasteiger partial charge in [0, 0.05) is 27.9 Å². The molecule has 5 rings (SSSR count). The van der Waals surface area contributed by atoms with Crippen LogP contribution in [-0.2, 0) is 9.59 Å². The van der Waals surface area contributed by atoms with Crippen molar-refractivity contribution in [3.63, 3.8) is 0 Å². The van der Waals surface area contributed by atoms with Gasteiger partial charge in [0.1, 0.15) is 16.7 Å². The molecule has 0 spiro atoms. The van der Waals surface area contributed by atoms with E-state index in [1.165, 1.54) is 24.1 Å². The van der Waals surface area contributed by atoms with Crippen LogP contribution in [-0.4, -0.2) is 17.7 Å². The van der Waals surface area contributed by atoms with Crippen LogP contribution in [0.4, 0.5) is 11.4 Å². The van der Waals surface area contributed by atoms with E-state index in [1.807, 2.05) is 80.6 Å². The molecule has 220 valence electrons. The highest BCUT2D eigenvalue weighted by Crippen LogP contribution is 2.37. The highest BCUT2D eigenvalue weighted by molar-refractivity contribution is 8.00. The summed E-state index contributed by atoms with van der Waals surface area (Å²) < 4.78 is 5.37. The molecule has 1 unspecified atom stereocenters. The fourth-order valence-electron chi connectivity index (χ4n) is 4.38. The van der Waals surface area contributed by atoms with Crippen molar-refractivity contribution in [2.45, 2.75) is 24.0 Å². The van der Waals surface area contributed by atoms with Crippen LogP contribution in [0, 0.1) is 13.8 Å². The fourth-order valence-corrected chi connectivity index (χ4v) is 5.40. The Morgan fingerprint density at radius 1 is 0.773 bits per heavy atom. The van der Waals surface area contributed by atoms with Gasteiger partial charge in [0.05, 0.1) is 6.26 Å². The third kappa shape index (κ3) is 7.93. The van der Waals surface area contributed by atoms with E-state index in [1.54, 1.807) is 48.5 Å². The second kappa shape index (κ2) is 14.2. The van der Waals surface area contributed by atoms with E-state index in [0.717, 1.165) is 27.3 Å². The largest absolute Gasteiger partial charge is 0.465 e. The van der Waals surface area contributed by atoms with Crippen LogP contribution in [0.5, 0.6) is 0 Å². The minimum atomic E-state index is -0.513. The number of carbonyl (C=O) groups excluding carboxylic acids is 3. The molecule has 8 heteroatoms. The van der Waals surface area contributed by atoms with Crippen LogP contribution < -0.4 is 16.0 Å². The second-order valence-electron chi connectivity index (χ2n) is 10.1. The minimum absolute atomic E-state index is 0.0273. The van der Waals surface area contributed by atoms with Crippen LogP contribution in [0.2, 0.25) is 0 Å². The zero-order chi connectivity index (χ0) is 30.9. The molecule has 4 aromatic carbocycles. The summed E-state index contributed by atoms with van der Waals surface area (Å²) in [6.45, 7) is 3.96. The van der Waals surface area contributed by atoms with Crippen molar-refractivity contribution in [2.75, 3.05) is 10.6 Å². The van der Waals surface area contributed by atoms with Crippen molar-refractivity contribution < 1.29 is 18.8 Å². The quantitative estimate of drug-likeness (QED) is 0.112. The summed E-state index contributed by atoms with van der Waals surface area (Å²) in [5.74, 6) is -0.645. The normalized spacial score (nSPS) is 11.8. The van der Waals surface area contributed by atoms with Gasteiger partial charge in [-0.05, 0) is 85.1 Å². The zero-order valence-electron chi connectivity index (χ0n) is 24.2. The third-order valence-electron chi connectivity index (χ3n) is 6.72. The van der Waals surface area contributed by atoms with Crippen molar-refractivity contribution in [1.29, 1.82) is 0 Å². The summed E-state index contributed by atoms with van der Waals surface area (Å²) in [7, 11) is 0. The predicted molar refractivity (Wildman–Crippen MR) is 175 cm³/mol. The monoisotopic (exact) mass is 601 g/mol. The molecule has 0 saturated carbocycles. The summed E-state index contributed by atoms with van der Waals surface area (Å²) in [4.78, 5) is 40.5. The summed E-state index contributed by atoms with van der Waals surface area (Å²) in [6, 6.07) is 34.8. The summed E-state index contributed by atoms with van der Waals surface area (Å²) in [5.41, 5.74) is 4.68. The number of aryl methyl sites for hydroxylation is 2. The Morgan fingerprint density at radius 3 is 2.16 bits per heavy atom. The molecule has 1 aromatic heterocycles. The third-order valence-corrected chi connectivity index (χ3v) is 7.98. The number of rotatable bonds is 10. The first-order valence-electron chi connectivity index (χ1n) is 14.0. The lowest BCUT2D eigenvalue weighted by Crippen LogP contribution is -2.30. The van der Waals surface area contributed by atoms with E-state index in [9.17, 15) is 14.4 Å². The smallest absolute Gasteiger partial charge is 0.272 e. The van der Waals surface area contributed by atoms with E-state index >= 15 is 0 Å². The molecule has 3 amide bonds. The highest BCUT2D eigenvalue weighted by atomic mass is 32.2. The molecule has 3 N–H and O–H groups in total. The standard InChI is InChI=1S/C36H31N3O4S/c1-24-15-16-25(2)31(22-24)38-36(42)33(26-10-5-3-6-11-26)44-30-19-17-28(18-20-30)37-35(41)32(23-29-14-9-21-43-29)39-34(40)27-12-7-4-8-13-27/h3-23,33H,1-2H3,(H,37,41)(H,38,42)(H,39,40)/b32-23-. The van der Waals surface area contributed by atoms with Crippen LogP contribution in [0.1, 0.15) is 38.1 Å². The average molecular weight is 602 g/mol. The number of nitrogens with one attached hydrogen (secondary N) is 3. The number of amides is 3. The summed E-state index contributed by atoms with van der Waals surface area (Å²) in [5, 5.41) is 8.12. The molecule has 1 atom stereocenters. The number of hydrogen-bond acceptors (Lipinski definition) is 5. The molecular formula is C36H31N3O4S. The van der Waals surface area contributed by atoms with E-state index < -0.39 is 17.1 Å². The fraction of sp³-hybridized carbons (Fsp3) is 0.0833. The molecule has 5 aromatic rings. The Kier molecular flexibility index (Phi) is 9.74. The summed E-state index contributed by atoms with van der Waals surface area (Å²) in [6.07, 6.45) is 2.96. The number of anilines is 2. The maximum absolute atomic E-state index is 13.6. The molecule has 0 radical (unpaired) electrons. The van der Waals surface area contributed by atoms with Crippen molar-refractivity contribution in [3.05, 3.63) is 155 Å². The van der Waals surface area contributed by atoms with Crippen molar-refractivity contribution in [2.24, 2.45) is 0 Å². The van der Waals surface area contributed by atoms with Gasteiger partial charge in [-0.3, -0.25) is 14.4 Å². The Labute approximate surface area is 260 Å². The Morgan fingerprint density at radius 2 is 1.48 bits per heavy atom. The molecule has 0 fully saturated rings. The van der Waals surface area contributed by atoms with Crippen LogP contribution in [0.3, 0.4) is 0 Å². The van der Waals surface area contributed by atoms with E-state index in [-0.39, 0.29) is 11.6 Å². The Balaban J connectivity index is 1.31. The minimum Gasteiger partial charge on any atom is -0.465 e. The van der Waals surface area contributed by atoms with E-state index in [0.29, 0.717) is 17.0 Å². The number of thioether (sulfide) groups is 1. The number of carbonyl (C=O) groups is 3. The molecule has 7 nitrogen and oxygen atoms in total. The van der Waals surface area contributed by atoms with E-state index in [4.69, 9.17) is 4.42 Å². The SMILES string of the molecule is Cc1ccc(C)c(NC(=O)C(Sc2ccc(NC(=O)/C(=C/c3ccco3)NC(=O)c3ccccc3)cc2)c2ccccc2)c1. The molecular weight excluding hydrogens is 570 g/mol. The first kappa shape index (κ1) is 30.1. The number of hydrogen-bond donors (Lipinski definition) is 3. The van der Waals surface area contributed by atoms with Gasteiger partial charge in [0.2, 0.25) is 5.91 Å². The molecule has 0 saturated heterocycles. The second-order valence-corrected chi connectivity index (χ2v) is 11.3. The molecule has 0 aliphatic rings. The first-order chi connectivity index (χ1) is 21.4. The van der Waals surface area contributed by atoms with Gasteiger partial charge in [-0.15, -0.1) is 11.8 Å². The maximum Gasteiger partial charge on any atom is 0.272 e. The molecule has 44 heavy (non-hydrogen) atoms. The van der Waals surface area contributed by atoms with Gasteiger partial charge in [-0.1, -0.05) is 60.7 Å². The maximum atomic E-state index is 13.6. The van der Waals surface area contributed by atoms with Gasteiger partial charge < -0.3 is 20.4 Å². The Hall–Kier alpha value is -5.34. The molecule has 1 heterocycles. The highest BCUT2D eigenvalue weighted by Gasteiger charge is 2.23. The lowest BCUT2D eigenvalue weighted by molar-refractivity contribution is -0.116. The van der Waals surface area contributed by atoms with Crippen LogP contribution in [0.25, 0.3) is 6.08 Å². The van der Waals surface area contributed by atoms with Gasteiger partial charge in [-0.25, -0.2) is 0 Å². The van der Waals surface area contributed by atoms with Gasteiger partial charge in [0.25, 0.3) is 11.8 Å².